The van der Waals surface area contributed by atoms with Crippen LogP contribution in [-0.2, 0) is 11.2 Å². The number of rotatable bonds is 8. The monoisotopic (exact) mass is 382 g/mol. The van der Waals surface area contributed by atoms with Crippen molar-refractivity contribution in [2.75, 3.05) is 20.3 Å². The molecule has 0 aliphatic heterocycles. The lowest BCUT2D eigenvalue weighted by molar-refractivity contribution is 0.0600. The standard InChI is InChI=1S/C24H30O4/c1-3-18-8-12-22(13-9-18)27-16-19-4-6-20(7-5-19)17-28-23-14-10-21(11-15-23)24(25)26-2/h8-15,19-20H,3-7,16-17H2,1-2H3/t19-,20-. The van der Waals surface area contributed by atoms with Gasteiger partial charge >= 0.3 is 5.97 Å². The quantitative estimate of drug-likeness (QED) is 0.581. The highest BCUT2D eigenvalue weighted by atomic mass is 16.5. The van der Waals surface area contributed by atoms with Crippen molar-refractivity contribution in [2.45, 2.75) is 39.0 Å². The number of aryl methyl sites for hydroxylation is 1. The van der Waals surface area contributed by atoms with Gasteiger partial charge in [-0.1, -0.05) is 19.1 Å². The maximum absolute atomic E-state index is 11.5. The number of benzene rings is 2. The second kappa shape index (κ2) is 10.2. The number of hydrogen-bond donors (Lipinski definition) is 0. The van der Waals surface area contributed by atoms with E-state index in [9.17, 15) is 4.79 Å². The Labute approximate surface area is 167 Å². The van der Waals surface area contributed by atoms with Crippen molar-refractivity contribution in [1.29, 1.82) is 0 Å². The minimum Gasteiger partial charge on any atom is -0.493 e. The summed E-state index contributed by atoms with van der Waals surface area (Å²) in [5.74, 6) is 2.65. The third-order valence-corrected chi connectivity index (χ3v) is 5.54. The van der Waals surface area contributed by atoms with Gasteiger partial charge in [-0.05, 0) is 85.9 Å². The van der Waals surface area contributed by atoms with Gasteiger partial charge in [-0.25, -0.2) is 4.79 Å². The van der Waals surface area contributed by atoms with E-state index in [-0.39, 0.29) is 5.97 Å². The summed E-state index contributed by atoms with van der Waals surface area (Å²) in [6.07, 6.45) is 5.76. The molecule has 0 aromatic heterocycles. The van der Waals surface area contributed by atoms with Crippen molar-refractivity contribution in [2.24, 2.45) is 11.8 Å². The van der Waals surface area contributed by atoms with E-state index in [1.807, 2.05) is 12.1 Å². The highest BCUT2D eigenvalue weighted by molar-refractivity contribution is 5.89. The zero-order chi connectivity index (χ0) is 19.8. The van der Waals surface area contributed by atoms with Gasteiger partial charge in [-0.2, -0.15) is 0 Å². The van der Waals surface area contributed by atoms with Gasteiger partial charge in [0, 0.05) is 0 Å². The third kappa shape index (κ3) is 5.75. The van der Waals surface area contributed by atoms with Crippen LogP contribution in [0.1, 0.15) is 48.5 Å². The van der Waals surface area contributed by atoms with Crippen LogP contribution in [0.3, 0.4) is 0 Å². The van der Waals surface area contributed by atoms with Gasteiger partial charge in [-0.15, -0.1) is 0 Å². The summed E-state index contributed by atoms with van der Waals surface area (Å²) in [5, 5.41) is 0. The zero-order valence-corrected chi connectivity index (χ0v) is 16.9. The lowest BCUT2D eigenvalue weighted by Gasteiger charge is -2.28. The lowest BCUT2D eigenvalue weighted by Crippen LogP contribution is -2.23. The van der Waals surface area contributed by atoms with Crippen LogP contribution in [0.2, 0.25) is 0 Å². The third-order valence-electron chi connectivity index (χ3n) is 5.54. The Bertz CT molecular complexity index is 728. The van der Waals surface area contributed by atoms with Crippen LogP contribution in [0, 0.1) is 11.8 Å². The highest BCUT2D eigenvalue weighted by Gasteiger charge is 2.22. The van der Waals surface area contributed by atoms with Crippen molar-refractivity contribution in [3.8, 4) is 11.5 Å². The average Bonchev–Trinajstić information content (AvgIpc) is 2.77. The molecular weight excluding hydrogens is 352 g/mol. The molecule has 0 heterocycles. The molecule has 1 aliphatic carbocycles. The van der Waals surface area contributed by atoms with E-state index in [4.69, 9.17) is 14.2 Å². The Balaban J connectivity index is 1.36. The maximum atomic E-state index is 11.5. The molecule has 0 spiro atoms. The predicted molar refractivity (Wildman–Crippen MR) is 110 cm³/mol. The number of carbonyl (C=O) groups excluding carboxylic acids is 1. The van der Waals surface area contributed by atoms with Gasteiger partial charge in [0.25, 0.3) is 0 Å². The summed E-state index contributed by atoms with van der Waals surface area (Å²) in [7, 11) is 1.39. The minimum atomic E-state index is -0.326. The molecule has 0 unspecified atom stereocenters. The molecular formula is C24H30O4. The van der Waals surface area contributed by atoms with E-state index in [2.05, 4.69) is 31.2 Å². The molecule has 1 aliphatic rings. The van der Waals surface area contributed by atoms with Crippen molar-refractivity contribution >= 4 is 5.97 Å². The maximum Gasteiger partial charge on any atom is 0.337 e. The number of methoxy groups -OCH3 is 1. The lowest BCUT2D eigenvalue weighted by atomic mass is 9.83. The summed E-state index contributed by atoms with van der Waals surface area (Å²) in [6.45, 7) is 3.69. The molecule has 0 bridgehead atoms. The largest absolute Gasteiger partial charge is 0.493 e. The first-order valence-corrected chi connectivity index (χ1v) is 10.2. The molecule has 2 aromatic carbocycles. The molecule has 1 saturated carbocycles. The number of hydrogen-bond acceptors (Lipinski definition) is 4. The van der Waals surface area contributed by atoms with E-state index in [0.717, 1.165) is 31.1 Å². The van der Waals surface area contributed by atoms with Crippen LogP contribution >= 0.6 is 0 Å². The first kappa shape index (κ1) is 20.2. The molecule has 4 heteroatoms. The van der Waals surface area contributed by atoms with Crippen molar-refractivity contribution < 1.29 is 19.0 Å². The van der Waals surface area contributed by atoms with Crippen molar-refractivity contribution in [1.82, 2.24) is 0 Å². The predicted octanol–water partition coefficient (Wildman–Crippen LogP) is 5.30. The summed E-state index contributed by atoms with van der Waals surface area (Å²) < 4.78 is 16.6. The molecule has 0 N–H and O–H groups in total. The molecule has 3 rings (SSSR count). The Morgan fingerprint density at radius 3 is 1.71 bits per heavy atom. The topological polar surface area (TPSA) is 44.8 Å². The van der Waals surface area contributed by atoms with Crippen LogP contribution in [0.25, 0.3) is 0 Å². The fourth-order valence-electron chi connectivity index (χ4n) is 3.62. The van der Waals surface area contributed by atoms with Crippen LogP contribution in [0.15, 0.2) is 48.5 Å². The molecule has 0 atom stereocenters. The normalized spacial score (nSPS) is 19.1. The Kier molecular flexibility index (Phi) is 7.35. The molecule has 150 valence electrons. The summed E-state index contributed by atoms with van der Waals surface area (Å²) in [5.41, 5.74) is 1.88. The SMILES string of the molecule is CCc1ccc(OC[C@H]2CC[C@H](COc3ccc(C(=O)OC)cc3)CC2)cc1. The van der Waals surface area contributed by atoms with Gasteiger partial charge in [0.2, 0.25) is 0 Å². The van der Waals surface area contributed by atoms with E-state index in [0.29, 0.717) is 17.4 Å². The van der Waals surface area contributed by atoms with Crippen LogP contribution < -0.4 is 9.47 Å². The van der Waals surface area contributed by atoms with E-state index >= 15 is 0 Å². The highest BCUT2D eigenvalue weighted by Crippen LogP contribution is 2.30. The Hall–Kier alpha value is -2.49. The van der Waals surface area contributed by atoms with Gasteiger partial charge in [-0.3, -0.25) is 0 Å². The fourth-order valence-corrected chi connectivity index (χ4v) is 3.62. The van der Waals surface area contributed by atoms with Gasteiger partial charge in [0.05, 0.1) is 25.9 Å². The second-order valence-corrected chi connectivity index (χ2v) is 7.52. The van der Waals surface area contributed by atoms with Crippen molar-refractivity contribution in [3.63, 3.8) is 0 Å². The number of esters is 1. The van der Waals surface area contributed by atoms with Crippen LogP contribution in [-0.4, -0.2) is 26.3 Å². The number of ether oxygens (including phenoxy) is 3. The summed E-state index contributed by atoms with van der Waals surface area (Å²) in [6, 6.07) is 15.6. The average molecular weight is 383 g/mol. The molecule has 2 aromatic rings. The smallest absolute Gasteiger partial charge is 0.337 e. The first-order valence-electron chi connectivity index (χ1n) is 10.2. The first-order chi connectivity index (χ1) is 13.7. The molecule has 0 amide bonds. The summed E-state index contributed by atoms with van der Waals surface area (Å²) >= 11 is 0. The number of carbonyl (C=O) groups is 1. The van der Waals surface area contributed by atoms with E-state index in [1.54, 1.807) is 12.1 Å². The minimum absolute atomic E-state index is 0.326. The summed E-state index contributed by atoms with van der Waals surface area (Å²) in [4.78, 5) is 11.5. The molecule has 0 saturated heterocycles. The van der Waals surface area contributed by atoms with E-state index in [1.165, 1.54) is 38.4 Å². The Morgan fingerprint density at radius 1 is 0.821 bits per heavy atom. The zero-order valence-electron chi connectivity index (χ0n) is 16.9. The molecule has 4 nitrogen and oxygen atoms in total. The van der Waals surface area contributed by atoms with Gasteiger partial charge < -0.3 is 14.2 Å². The van der Waals surface area contributed by atoms with Gasteiger partial charge in [0.1, 0.15) is 11.5 Å². The second-order valence-electron chi connectivity index (χ2n) is 7.52. The van der Waals surface area contributed by atoms with Crippen LogP contribution in [0.5, 0.6) is 11.5 Å². The molecule has 1 fully saturated rings. The van der Waals surface area contributed by atoms with E-state index < -0.39 is 0 Å². The fraction of sp³-hybridized carbons (Fsp3) is 0.458. The molecule has 28 heavy (non-hydrogen) atoms. The van der Waals surface area contributed by atoms with Gasteiger partial charge in [0.15, 0.2) is 0 Å². The molecule has 0 radical (unpaired) electrons. The Morgan fingerprint density at radius 2 is 1.29 bits per heavy atom. The van der Waals surface area contributed by atoms with Crippen LogP contribution in [0.4, 0.5) is 0 Å². The van der Waals surface area contributed by atoms with Crippen molar-refractivity contribution in [3.05, 3.63) is 59.7 Å².